The monoisotopic (exact) mass is 446 g/mol. The third kappa shape index (κ3) is 5.41. The topological polar surface area (TPSA) is 68.2 Å². The molecule has 31 heavy (non-hydrogen) atoms. The molecule has 0 radical (unpaired) electrons. The van der Waals surface area contributed by atoms with E-state index in [1.54, 1.807) is 0 Å². The average Bonchev–Trinajstić information content (AvgIpc) is 2.75. The lowest BCUT2D eigenvalue weighted by molar-refractivity contribution is -0.133. The van der Waals surface area contributed by atoms with Crippen LogP contribution in [-0.2, 0) is 15.9 Å². The lowest BCUT2D eigenvalue weighted by Crippen LogP contribution is -2.46. The van der Waals surface area contributed by atoms with Crippen LogP contribution in [0.4, 0.5) is 0 Å². The van der Waals surface area contributed by atoms with Crippen molar-refractivity contribution in [2.45, 2.75) is 50.9 Å². The van der Waals surface area contributed by atoms with Crippen LogP contribution in [0, 0.1) is 5.41 Å². The molecule has 3 atom stereocenters. The molecule has 0 bridgehead atoms. The standard InChI is InChI=1S/C25H31ClO5/c1-2-25(14-29-15-25)16-30-21-6-3-17(4-7-21)9-19-10-18(5-8-23(19)26)24-12-20(28)11-22(13-27)31-24/h3-8,10,20,22,24,27-28H,2,9,11-16H2,1H3. The lowest BCUT2D eigenvalue weighted by Gasteiger charge is -2.40. The number of aliphatic hydroxyl groups excluding tert-OH is 2. The Labute approximate surface area is 188 Å². The van der Waals surface area contributed by atoms with Crippen LogP contribution in [0.15, 0.2) is 42.5 Å². The van der Waals surface area contributed by atoms with Gasteiger partial charge in [-0.25, -0.2) is 0 Å². The molecule has 2 aromatic carbocycles. The SMILES string of the molecule is CCC1(COc2ccc(Cc3cc(C4CC(O)CC(CO)O4)ccc3Cl)cc2)COC1. The predicted molar refractivity (Wildman–Crippen MR) is 120 cm³/mol. The van der Waals surface area contributed by atoms with E-state index >= 15 is 0 Å². The molecule has 2 saturated heterocycles. The second-order valence-corrected chi connectivity index (χ2v) is 9.27. The average molecular weight is 447 g/mol. The fourth-order valence-electron chi connectivity index (χ4n) is 4.19. The lowest BCUT2D eigenvalue weighted by atomic mass is 9.84. The van der Waals surface area contributed by atoms with Gasteiger partial charge in [0, 0.05) is 17.9 Å². The van der Waals surface area contributed by atoms with E-state index in [4.69, 9.17) is 25.8 Å². The predicted octanol–water partition coefficient (Wildman–Crippen LogP) is 4.31. The summed E-state index contributed by atoms with van der Waals surface area (Å²) in [4.78, 5) is 0. The highest BCUT2D eigenvalue weighted by Gasteiger charge is 2.37. The van der Waals surface area contributed by atoms with E-state index in [0.717, 1.165) is 42.1 Å². The normalized spacial score (nSPS) is 25.1. The molecule has 6 heteroatoms. The fraction of sp³-hybridized carbons (Fsp3) is 0.520. The molecule has 0 aromatic heterocycles. The highest BCUT2D eigenvalue weighted by molar-refractivity contribution is 6.31. The van der Waals surface area contributed by atoms with E-state index in [1.807, 2.05) is 30.3 Å². The van der Waals surface area contributed by atoms with Crippen molar-refractivity contribution in [3.8, 4) is 5.75 Å². The minimum absolute atomic E-state index is 0.0885. The fourth-order valence-corrected chi connectivity index (χ4v) is 4.38. The minimum atomic E-state index is -0.471. The molecule has 5 nitrogen and oxygen atoms in total. The molecular formula is C25H31ClO5. The van der Waals surface area contributed by atoms with Crippen molar-refractivity contribution in [3.63, 3.8) is 0 Å². The molecular weight excluding hydrogens is 416 g/mol. The Kier molecular flexibility index (Phi) is 7.19. The molecule has 0 amide bonds. The van der Waals surface area contributed by atoms with Crippen LogP contribution >= 0.6 is 11.6 Å². The summed E-state index contributed by atoms with van der Waals surface area (Å²) < 4.78 is 17.3. The molecule has 3 unspecified atom stereocenters. The van der Waals surface area contributed by atoms with E-state index in [9.17, 15) is 10.2 Å². The van der Waals surface area contributed by atoms with Gasteiger partial charge >= 0.3 is 0 Å². The number of halogens is 1. The van der Waals surface area contributed by atoms with Crippen molar-refractivity contribution < 1.29 is 24.4 Å². The molecule has 2 aromatic rings. The number of hydrogen-bond acceptors (Lipinski definition) is 5. The van der Waals surface area contributed by atoms with Crippen LogP contribution in [0.1, 0.15) is 49.0 Å². The molecule has 2 fully saturated rings. The number of benzene rings is 2. The summed E-state index contributed by atoms with van der Waals surface area (Å²) in [6.45, 7) is 4.32. The van der Waals surface area contributed by atoms with Crippen LogP contribution in [0.25, 0.3) is 0 Å². The van der Waals surface area contributed by atoms with E-state index < -0.39 is 6.10 Å². The Bertz CT molecular complexity index is 859. The summed E-state index contributed by atoms with van der Waals surface area (Å²) in [6, 6.07) is 14.0. The smallest absolute Gasteiger partial charge is 0.119 e. The first-order valence-electron chi connectivity index (χ1n) is 11.0. The van der Waals surface area contributed by atoms with Crippen molar-refractivity contribution in [3.05, 3.63) is 64.2 Å². The minimum Gasteiger partial charge on any atom is -0.493 e. The third-order valence-electron chi connectivity index (χ3n) is 6.45. The summed E-state index contributed by atoms with van der Waals surface area (Å²) in [6.07, 6.45) is 1.69. The van der Waals surface area contributed by atoms with Crippen molar-refractivity contribution in [2.75, 3.05) is 26.4 Å². The van der Waals surface area contributed by atoms with Crippen molar-refractivity contribution in [1.29, 1.82) is 0 Å². The molecule has 0 spiro atoms. The van der Waals surface area contributed by atoms with Gasteiger partial charge in [-0.2, -0.15) is 0 Å². The Hall–Kier alpha value is -1.63. The quantitative estimate of drug-likeness (QED) is 0.632. The molecule has 2 aliphatic heterocycles. The van der Waals surface area contributed by atoms with Gasteiger partial charge in [0.2, 0.25) is 0 Å². The molecule has 4 rings (SSSR count). The number of rotatable bonds is 8. The zero-order chi connectivity index (χ0) is 21.8. The van der Waals surface area contributed by atoms with Gasteiger partial charge in [0.25, 0.3) is 0 Å². The largest absolute Gasteiger partial charge is 0.493 e. The Balaban J connectivity index is 1.41. The van der Waals surface area contributed by atoms with Gasteiger partial charge in [-0.05, 0) is 47.7 Å². The maximum absolute atomic E-state index is 10.1. The van der Waals surface area contributed by atoms with Gasteiger partial charge in [-0.1, -0.05) is 42.8 Å². The van der Waals surface area contributed by atoms with E-state index in [1.165, 1.54) is 0 Å². The zero-order valence-corrected chi connectivity index (χ0v) is 18.7. The van der Waals surface area contributed by atoms with Gasteiger partial charge in [0.15, 0.2) is 0 Å². The molecule has 0 aliphatic carbocycles. The first-order valence-corrected chi connectivity index (χ1v) is 11.4. The molecule has 2 heterocycles. The van der Waals surface area contributed by atoms with Gasteiger partial charge < -0.3 is 24.4 Å². The van der Waals surface area contributed by atoms with Crippen LogP contribution in [0.5, 0.6) is 5.75 Å². The Morgan fingerprint density at radius 2 is 1.90 bits per heavy atom. The molecule has 2 aliphatic rings. The summed E-state index contributed by atoms with van der Waals surface area (Å²) >= 11 is 6.47. The summed E-state index contributed by atoms with van der Waals surface area (Å²) in [5.41, 5.74) is 3.29. The van der Waals surface area contributed by atoms with E-state index in [2.05, 4.69) is 19.1 Å². The maximum Gasteiger partial charge on any atom is 0.119 e. The van der Waals surface area contributed by atoms with Crippen LogP contribution in [0.2, 0.25) is 5.02 Å². The van der Waals surface area contributed by atoms with Gasteiger partial charge in [-0.15, -0.1) is 0 Å². The Morgan fingerprint density at radius 3 is 2.55 bits per heavy atom. The highest BCUT2D eigenvalue weighted by atomic mass is 35.5. The number of hydrogen-bond donors (Lipinski definition) is 2. The zero-order valence-electron chi connectivity index (χ0n) is 17.9. The van der Waals surface area contributed by atoms with Gasteiger partial charge in [0.05, 0.1) is 50.2 Å². The molecule has 2 N–H and O–H groups in total. The second-order valence-electron chi connectivity index (χ2n) is 8.86. The van der Waals surface area contributed by atoms with Crippen molar-refractivity contribution in [2.24, 2.45) is 5.41 Å². The number of ether oxygens (including phenoxy) is 3. The highest BCUT2D eigenvalue weighted by Crippen LogP contribution is 2.34. The Morgan fingerprint density at radius 1 is 1.13 bits per heavy atom. The summed E-state index contributed by atoms with van der Waals surface area (Å²) in [5.74, 6) is 0.864. The third-order valence-corrected chi connectivity index (χ3v) is 6.82. The van der Waals surface area contributed by atoms with Crippen LogP contribution < -0.4 is 4.74 Å². The number of aliphatic hydroxyl groups is 2. The van der Waals surface area contributed by atoms with Crippen molar-refractivity contribution >= 4 is 11.6 Å². The van der Waals surface area contributed by atoms with Crippen LogP contribution in [-0.4, -0.2) is 48.8 Å². The van der Waals surface area contributed by atoms with Gasteiger partial charge in [-0.3, -0.25) is 0 Å². The van der Waals surface area contributed by atoms with Crippen molar-refractivity contribution in [1.82, 2.24) is 0 Å². The maximum atomic E-state index is 10.1. The molecule has 168 valence electrons. The summed E-state index contributed by atoms with van der Waals surface area (Å²) in [5, 5.41) is 20.3. The van der Waals surface area contributed by atoms with E-state index in [-0.39, 0.29) is 24.2 Å². The van der Waals surface area contributed by atoms with E-state index in [0.29, 0.717) is 30.9 Å². The first kappa shape index (κ1) is 22.6. The first-order chi connectivity index (χ1) is 15.0. The summed E-state index contributed by atoms with van der Waals surface area (Å²) in [7, 11) is 0. The molecule has 0 saturated carbocycles. The second kappa shape index (κ2) is 9.88. The van der Waals surface area contributed by atoms with Gasteiger partial charge in [0.1, 0.15) is 5.75 Å². The van der Waals surface area contributed by atoms with Crippen LogP contribution in [0.3, 0.4) is 0 Å².